The first-order valence-corrected chi connectivity index (χ1v) is 11.2. The molecule has 0 atom stereocenters. The van der Waals surface area contributed by atoms with Crippen LogP contribution in [0.3, 0.4) is 0 Å². The van der Waals surface area contributed by atoms with Gasteiger partial charge in [-0.15, -0.1) is 0 Å². The molecule has 5 rings (SSSR count). The van der Waals surface area contributed by atoms with E-state index in [0.29, 0.717) is 28.4 Å². The highest BCUT2D eigenvalue weighted by Gasteiger charge is 2.39. The Morgan fingerprint density at radius 2 is 1.79 bits per heavy atom. The zero-order valence-electron chi connectivity index (χ0n) is 19.8. The smallest absolute Gasteiger partial charge is 0.435 e. The fraction of sp³-hybridized carbons (Fsp3) is 0.0769. The van der Waals surface area contributed by atoms with Gasteiger partial charge in [-0.1, -0.05) is 12.1 Å². The molecular formula is C26H20F3N7O2. The molecule has 3 heterocycles. The van der Waals surface area contributed by atoms with Crippen molar-refractivity contribution in [1.29, 1.82) is 0 Å². The maximum atomic E-state index is 13.9. The number of benzene rings is 2. The van der Waals surface area contributed by atoms with Gasteiger partial charge in [-0.2, -0.15) is 13.2 Å². The Morgan fingerprint density at radius 1 is 1.03 bits per heavy atom. The Labute approximate surface area is 214 Å². The van der Waals surface area contributed by atoms with E-state index in [1.165, 1.54) is 42.1 Å². The van der Waals surface area contributed by atoms with E-state index >= 15 is 0 Å². The maximum Gasteiger partial charge on any atom is 0.435 e. The second kappa shape index (κ2) is 9.73. The summed E-state index contributed by atoms with van der Waals surface area (Å²) in [5.74, 6) is 0.0853. The number of nitrogens with two attached hydrogens (primary N) is 1. The van der Waals surface area contributed by atoms with Crippen molar-refractivity contribution in [2.45, 2.75) is 6.18 Å². The molecule has 0 aliphatic carbocycles. The van der Waals surface area contributed by atoms with Gasteiger partial charge in [0, 0.05) is 29.7 Å². The lowest BCUT2D eigenvalue weighted by Crippen LogP contribution is -2.13. The van der Waals surface area contributed by atoms with Crippen LogP contribution in [0, 0.1) is 0 Å². The molecule has 2 aromatic carbocycles. The van der Waals surface area contributed by atoms with Crippen molar-refractivity contribution < 1.29 is 22.7 Å². The first kappa shape index (κ1) is 24.6. The van der Waals surface area contributed by atoms with Crippen LogP contribution in [0.15, 0.2) is 79.1 Å². The molecule has 0 aliphatic rings. The zero-order valence-corrected chi connectivity index (χ0v) is 19.8. The molecule has 192 valence electrons. The van der Waals surface area contributed by atoms with Crippen molar-refractivity contribution >= 4 is 34.6 Å². The van der Waals surface area contributed by atoms with Crippen LogP contribution >= 0.6 is 0 Å². The number of imidazole rings is 1. The van der Waals surface area contributed by atoms with Gasteiger partial charge in [0.25, 0.3) is 5.91 Å². The minimum absolute atomic E-state index is 0.0175. The van der Waals surface area contributed by atoms with Crippen molar-refractivity contribution in [3.63, 3.8) is 0 Å². The van der Waals surface area contributed by atoms with Gasteiger partial charge >= 0.3 is 6.18 Å². The number of nitrogens with zero attached hydrogens (tertiary/aromatic N) is 4. The second-order valence-corrected chi connectivity index (χ2v) is 8.11. The number of ether oxygens (including phenoxy) is 1. The van der Waals surface area contributed by atoms with Crippen molar-refractivity contribution in [3.05, 3.63) is 90.4 Å². The van der Waals surface area contributed by atoms with Crippen LogP contribution in [0.1, 0.15) is 16.1 Å². The molecule has 1 amide bonds. The highest BCUT2D eigenvalue weighted by molar-refractivity contribution is 6.05. The van der Waals surface area contributed by atoms with Gasteiger partial charge in [0.15, 0.2) is 5.69 Å². The summed E-state index contributed by atoms with van der Waals surface area (Å²) in [5, 5.41) is 5.69. The number of para-hydroxylation sites is 2. The molecular weight excluding hydrogens is 499 g/mol. The molecule has 0 saturated heterocycles. The molecule has 9 nitrogen and oxygen atoms in total. The third-order valence-corrected chi connectivity index (χ3v) is 5.61. The standard InChI is InChI=1S/C26H20F3N7O2/c1-38-17-11-13-36-21(14-17)35-23(26(27,28)29)22(36)20-10-12-31-25(34-20)32-16-8-6-15(7-9-16)24(37)33-19-5-3-2-4-18(19)30/h2-14H,30H2,1H3,(H,33,37)(H,31,32,34). The van der Waals surface area contributed by atoms with Gasteiger partial charge in [-0.05, 0) is 48.5 Å². The lowest BCUT2D eigenvalue weighted by molar-refractivity contribution is -0.140. The molecule has 5 aromatic rings. The monoisotopic (exact) mass is 519 g/mol. The van der Waals surface area contributed by atoms with E-state index in [4.69, 9.17) is 10.5 Å². The molecule has 0 aliphatic heterocycles. The number of carbonyl (C=O) groups is 1. The number of rotatable bonds is 6. The Balaban J connectivity index is 1.41. The molecule has 12 heteroatoms. The summed E-state index contributed by atoms with van der Waals surface area (Å²) in [5.41, 5.74) is 6.48. The van der Waals surface area contributed by atoms with E-state index in [2.05, 4.69) is 25.6 Å². The fourth-order valence-corrected chi connectivity index (χ4v) is 3.79. The van der Waals surface area contributed by atoms with Gasteiger partial charge in [0.1, 0.15) is 17.1 Å². The number of carbonyl (C=O) groups excluding carboxylic acids is 1. The van der Waals surface area contributed by atoms with E-state index in [9.17, 15) is 18.0 Å². The number of anilines is 4. The Kier molecular flexibility index (Phi) is 6.29. The van der Waals surface area contributed by atoms with E-state index < -0.39 is 11.9 Å². The number of hydrogen-bond acceptors (Lipinski definition) is 7. The van der Waals surface area contributed by atoms with Crippen molar-refractivity contribution in [2.75, 3.05) is 23.5 Å². The fourth-order valence-electron chi connectivity index (χ4n) is 3.79. The van der Waals surface area contributed by atoms with E-state index in [1.807, 2.05) is 0 Å². The van der Waals surface area contributed by atoms with Crippen LogP contribution in [-0.4, -0.2) is 32.4 Å². The zero-order chi connectivity index (χ0) is 26.9. The average Bonchev–Trinajstić information content (AvgIpc) is 3.30. The number of halogens is 3. The molecule has 3 aromatic heterocycles. The Hall–Kier alpha value is -5.13. The number of alkyl halides is 3. The van der Waals surface area contributed by atoms with Gasteiger partial charge in [-0.25, -0.2) is 15.0 Å². The summed E-state index contributed by atoms with van der Waals surface area (Å²) in [6.07, 6.45) is -1.93. The van der Waals surface area contributed by atoms with Crippen LogP contribution in [0.5, 0.6) is 5.75 Å². The van der Waals surface area contributed by atoms with Crippen LogP contribution in [-0.2, 0) is 6.18 Å². The van der Waals surface area contributed by atoms with Gasteiger partial charge in [-0.3, -0.25) is 9.20 Å². The summed E-state index contributed by atoms with van der Waals surface area (Å²) in [6.45, 7) is 0. The predicted molar refractivity (Wildman–Crippen MR) is 136 cm³/mol. The number of methoxy groups -OCH3 is 1. The molecule has 0 spiro atoms. The summed E-state index contributed by atoms with van der Waals surface area (Å²) < 4.78 is 48.0. The van der Waals surface area contributed by atoms with Crippen molar-refractivity contribution in [1.82, 2.24) is 19.4 Å². The number of amides is 1. The van der Waals surface area contributed by atoms with Gasteiger partial charge < -0.3 is 21.1 Å². The highest BCUT2D eigenvalue weighted by Crippen LogP contribution is 2.37. The van der Waals surface area contributed by atoms with Crippen LogP contribution in [0.2, 0.25) is 0 Å². The van der Waals surface area contributed by atoms with Crippen LogP contribution in [0.25, 0.3) is 17.0 Å². The lowest BCUT2D eigenvalue weighted by atomic mass is 10.2. The molecule has 0 radical (unpaired) electrons. The number of nitrogens with one attached hydrogen (secondary N) is 2. The number of hydrogen-bond donors (Lipinski definition) is 3. The second-order valence-electron chi connectivity index (χ2n) is 8.11. The first-order valence-electron chi connectivity index (χ1n) is 11.2. The van der Waals surface area contributed by atoms with Crippen LogP contribution < -0.4 is 21.1 Å². The largest absolute Gasteiger partial charge is 0.497 e. The number of pyridine rings is 1. The number of nitrogen functional groups attached to an aromatic ring is 1. The Morgan fingerprint density at radius 3 is 2.50 bits per heavy atom. The molecule has 38 heavy (non-hydrogen) atoms. The van der Waals surface area contributed by atoms with E-state index in [0.717, 1.165) is 0 Å². The van der Waals surface area contributed by atoms with Gasteiger partial charge in [0.2, 0.25) is 5.95 Å². The summed E-state index contributed by atoms with van der Waals surface area (Å²) in [4.78, 5) is 24.7. The average molecular weight is 519 g/mol. The summed E-state index contributed by atoms with van der Waals surface area (Å²) in [6, 6.07) is 17.6. The minimum Gasteiger partial charge on any atom is -0.497 e. The number of fused-ring (bicyclic) bond motifs is 1. The topological polar surface area (TPSA) is 119 Å². The third-order valence-electron chi connectivity index (χ3n) is 5.61. The minimum atomic E-state index is -4.71. The van der Waals surface area contributed by atoms with E-state index in [1.54, 1.807) is 48.5 Å². The molecule has 4 N–H and O–H groups in total. The Bertz CT molecular complexity index is 1630. The molecule has 0 fully saturated rings. The summed E-state index contributed by atoms with van der Waals surface area (Å²) >= 11 is 0. The lowest BCUT2D eigenvalue weighted by Gasteiger charge is -2.10. The third kappa shape index (κ3) is 4.91. The number of aromatic nitrogens is 4. The first-order chi connectivity index (χ1) is 18.2. The van der Waals surface area contributed by atoms with Crippen LogP contribution in [0.4, 0.5) is 36.2 Å². The maximum absolute atomic E-state index is 13.9. The molecule has 0 bridgehead atoms. The highest BCUT2D eigenvalue weighted by atomic mass is 19.4. The van der Waals surface area contributed by atoms with Crippen molar-refractivity contribution in [2.24, 2.45) is 0 Å². The predicted octanol–water partition coefficient (Wildman–Crippen LogP) is 5.40. The normalized spacial score (nSPS) is 11.4. The van der Waals surface area contributed by atoms with Gasteiger partial charge in [0.05, 0.1) is 24.2 Å². The molecule has 0 unspecified atom stereocenters. The quantitative estimate of drug-likeness (QED) is 0.257. The van der Waals surface area contributed by atoms with Crippen molar-refractivity contribution in [3.8, 4) is 17.1 Å². The van der Waals surface area contributed by atoms with E-state index in [-0.39, 0.29) is 28.9 Å². The molecule has 0 saturated carbocycles. The summed E-state index contributed by atoms with van der Waals surface area (Å²) in [7, 11) is 1.42. The SMILES string of the molecule is COc1ccn2c(-c3ccnc(Nc4ccc(C(=O)Nc5ccccc5N)cc4)n3)c(C(F)(F)F)nc2c1.